The van der Waals surface area contributed by atoms with Crippen LogP contribution < -0.4 is 4.74 Å². The topological polar surface area (TPSA) is 66.8 Å². The van der Waals surface area contributed by atoms with E-state index in [2.05, 4.69) is 0 Å². The number of carbonyl (C=O) groups is 1. The third-order valence-corrected chi connectivity index (χ3v) is 3.47. The lowest BCUT2D eigenvalue weighted by Crippen LogP contribution is -2.05. The van der Waals surface area contributed by atoms with E-state index >= 15 is 0 Å². The van der Waals surface area contributed by atoms with E-state index in [1.165, 1.54) is 6.07 Å². The molecule has 0 saturated heterocycles. The average Bonchev–Trinajstić information content (AvgIpc) is 2.58. The first kappa shape index (κ1) is 14.7. The molecule has 0 spiro atoms. The third kappa shape index (κ3) is 3.01. The van der Waals surface area contributed by atoms with E-state index in [0.717, 1.165) is 16.7 Å². The molecular weight excluding hydrogens is 292 g/mol. The highest BCUT2D eigenvalue weighted by Gasteiger charge is 2.19. The number of phenols is 1. The molecule has 0 fully saturated rings. The van der Waals surface area contributed by atoms with Gasteiger partial charge in [0.15, 0.2) is 11.5 Å². The maximum Gasteiger partial charge on any atom is 0.511 e. The van der Waals surface area contributed by atoms with Crippen LogP contribution in [0.4, 0.5) is 4.79 Å². The van der Waals surface area contributed by atoms with Crippen LogP contribution in [-0.2, 0) is 0 Å². The first-order chi connectivity index (χ1) is 11.2. The lowest BCUT2D eigenvalue weighted by Gasteiger charge is -2.15. The number of aromatic hydroxyl groups is 1. The molecule has 0 amide bonds. The minimum atomic E-state index is -1.47. The van der Waals surface area contributed by atoms with Crippen LogP contribution in [0.2, 0.25) is 0 Å². The van der Waals surface area contributed by atoms with Crippen LogP contribution in [-0.4, -0.2) is 16.4 Å². The van der Waals surface area contributed by atoms with E-state index in [1.807, 2.05) is 60.7 Å². The molecular formula is C19H14O4. The Kier molecular flexibility index (Phi) is 3.97. The maximum atomic E-state index is 11.0. The first-order valence-electron chi connectivity index (χ1n) is 7.04. The number of hydrogen-bond acceptors (Lipinski definition) is 3. The quantitative estimate of drug-likeness (QED) is 0.539. The van der Waals surface area contributed by atoms with Crippen molar-refractivity contribution in [3.8, 4) is 33.8 Å². The zero-order valence-corrected chi connectivity index (χ0v) is 12.1. The Hall–Kier alpha value is -3.27. The fourth-order valence-electron chi connectivity index (χ4n) is 2.51. The van der Waals surface area contributed by atoms with Gasteiger partial charge in [0.25, 0.3) is 0 Å². The predicted octanol–water partition coefficient (Wildman–Crippen LogP) is 4.78. The number of rotatable bonds is 3. The van der Waals surface area contributed by atoms with Crippen molar-refractivity contribution in [1.82, 2.24) is 0 Å². The molecule has 3 rings (SSSR count). The van der Waals surface area contributed by atoms with Gasteiger partial charge in [-0.15, -0.1) is 0 Å². The lowest BCUT2D eigenvalue weighted by atomic mass is 9.93. The van der Waals surface area contributed by atoms with Gasteiger partial charge in [-0.25, -0.2) is 4.79 Å². The molecule has 0 radical (unpaired) electrons. The second kappa shape index (κ2) is 6.23. The molecule has 0 aliphatic carbocycles. The van der Waals surface area contributed by atoms with Gasteiger partial charge in [0, 0.05) is 5.56 Å². The fourth-order valence-corrected chi connectivity index (χ4v) is 2.51. The van der Waals surface area contributed by atoms with Crippen molar-refractivity contribution in [3.63, 3.8) is 0 Å². The number of phenolic OH excluding ortho intramolecular Hbond substituents is 1. The monoisotopic (exact) mass is 306 g/mol. The van der Waals surface area contributed by atoms with Gasteiger partial charge in [-0.3, -0.25) is 0 Å². The van der Waals surface area contributed by atoms with Crippen LogP contribution in [0, 0.1) is 0 Å². The summed E-state index contributed by atoms with van der Waals surface area (Å²) in [5, 5.41) is 19.1. The molecule has 0 saturated carbocycles. The molecule has 0 aromatic heterocycles. The van der Waals surface area contributed by atoms with Crippen molar-refractivity contribution in [3.05, 3.63) is 72.8 Å². The summed E-state index contributed by atoms with van der Waals surface area (Å²) in [6.45, 7) is 0. The van der Waals surface area contributed by atoms with Gasteiger partial charge in [0.1, 0.15) is 0 Å². The summed E-state index contributed by atoms with van der Waals surface area (Å²) >= 11 is 0. The van der Waals surface area contributed by atoms with Gasteiger partial charge in [0.2, 0.25) is 0 Å². The number of benzene rings is 3. The minimum absolute atomic E-state index is 0.0648. The fraction of sp³-hybridized carbons (Fsp3) is 0. The minimum Gasteiger partial charge on any atom is -0.504 e. The van der Waals surface area contributed by atoms with E-state index in [0.29, 0.717) is 5.56 Å². The maximum absolute atomic E-state index is 11.0. The van der Waals surface area contributed by atoms with Crippen LogP contribution in [0.1, 0.15) is 0 Å². The highest BCUT2D eigenvalue weighted by atomic mass is 16.7. The molecule has 0 aliphatic rings. The zero-order chi connectivity index (χ0) is 16.2. The van der Waals surface area contributed by atoms with Gasteiger partial charge >= 0.3 is 6.16 Å². The number of carboxylic acid groups (broad SMARTS) is 1. The Labute approximate surface area is 133 Å². The molecule has 4 nitrogen and oxygen atoms in total. The standard InChI is InChI=1S/C19H14O4/c20-16-12-11-15(13-7-3-1-4-8-13)17(18(16)23-19(21)22)14-9-5-2-6-10-14/h1-12,20H,(H,21,22). The molecule has 114 valence electrons. The summed E-state index contributed by atoms with van der Waals surface area (Å²) in [7, 11) is 0. The van der Waals surface area contributed by atoms with Crippen molar-refractivity contribution < 1.29 is 19.7 Å². The van der Waals surface area contributed by atoms with E-state index < -0.39 is 6.16 Å². The summed E-state index contributed by atoms with van der Waals surface area (Å²) in [6.07, 6.45) is -1.47. The lowest BCUT2D eigenvalue weighted by molar-refractivity contribution is 0.143. The van der Waals surface area contributed by atoms with Crippen LogP contribution >= 0.6 is 0 Å². The van der Waals surface area contributed by atoms with Gasteiger partial charge in [-0.1, -0.05) is 60.7 Å². The van der Waals surface area contributed by atoms with Crippen molar-refractivity contribution >= 4 is 6.16 Å². The van der Waals surface area contributed by atoms with Crippen molar-refractivity contribution in [1.29, 1.82) is 0 Å². The van der Waals surface area contributed by atoms with E-state index in [4.69, 9.17) is 9.84 Å². The van der Waals surface area contributed by atoms with Crippen LogP contribution in [0.3, 0.4) is 0 Å². The Morgan fingerprint density at radius 3 is 1.91 bits per heavy atom. The first-order valence-corrected chi connectivity index (χ1v) is 7.04. The SMILES string of the molecule is O=C(O)Oc1c(O)ccc(-c2ccccc2)c1-c1ccccc1. The van der Waals surface area contributed by atoms with Crippen molar-refractivity contribution in [2.75, 3.05) is 0 Å². The molecule has 4 heteroatoms. The molecule has 0 aliphatic heterocycles. The summed E-state index contributed by atoms with van der Waals surface area (Å²) in [5.41, 5.74) is 2.99. The average molecular weight is 306 g/mol. The van der Waals surface area contributed by atoms with Gasteiger partial charge in [-0.05, 0) is 28.8 Å². The Bertz CT molecular complexity index is 827. The van der Waals surface area contributed by atoms with E-state index in [9.17, 15) is 9.90 Å². The van der Waals surface area contributed by atoms with Crippen molar-refractivity contribution in [2.45, 2.75) is 0 Å². The zero-order valence-electron chi connectivity index (χ0n) is 12.1. The highest BCUT2D eigenvalue weighted by molar-refractivity contribution is 5.90. The van der Waals surface area contributed by atoms with Gasteiger partial charge in [-0.2, -0.15) is 0 Å². The van der Waals surface area contributed by atoms with Crippen LogP contribution in [0.25, 0.3) is 22.3 Å². The highest BCUT2D eigenvalue weighted by Crippen LogP contribution is 2.44. The number of hydrogen-bond donors (Lipinski definition) is 2. The molecule has 0 bridgehead atoms. The normalized spacial score (nSPS) is 10.3. The van der Waals surface area contributed by atoms with Crippen LogP contribution in [0.5, 0.6) is 11.5 Å². The summed E-state index contributed by atoms with van der Waals surface area (Å²) < 4.78 is 4.86. The van der Waals surface area contributed by atoms with Gasteiger partial charge in [0.05, 0.1) is 0 Å². The third-order valence-electron chi connectivity index (χ3n) is 3.47. The predicted molar refractivity (Wildman–Crippen MR) is 87.6 cm³/mol. The molecule has 23 heavy (non-hydrogen) atoms. The summed E-state index contributed by atoms with van der Waals surface area (Å²) in [5.74, 6) is -0.281. The number of ether oxygens (including phenoxy) is 1. The Morgan fingerprint density at radius 2 is 1.35 bits per heavy atom. The molecule has 0 atom stereocenters. The van der Waals surface area contributed by atoms with E-state index in [1.54, 1.807) is 6.07 Å². The molecule has 3 aromatic carbocycles. The summed E-state index contributed by atoms with van der Waals surface area (Å²) in [6, 6.07) is 22.0. The molecule has 3 aromatic rings. The van der Waals surface area contributed by atoms with E-state index in [-0.39, 0.29) is 11.5 Å². The van der Waals surface area contributed by atoms with Gasteiger partial charge < -0.3 is 14.9 Å². The second-order valence-electron chi connectivity index (χ2n) is 4.94. The van der Waals surface area contributed by atoms with Crippen LogP contribution in [0.15, 0.2) is 72.8 Å². The Morgan fingerprint density at radius 1 is 0.783 bits per heavy atom. The Balaban J connectivity index is 2.30. The summed E-state index contributed by atoms with van der Waals surface area (Å²) in [4.78, 5) is 11.0. The smallest absolute Gasteiger partial charge is 0.504 e. The second-order valence-corrected chi connectivity index (χ2v) is 4.94. The molecule has 2 N–H and O–H groups in total. The largest absolute Gasteiger partial charge is 0.511 e. The van der Waals surface area contributed by atoms with Crippen molar-refractivity contribution in [2.24, 2.45) is 0 Å². The molecule has 0 unspecified atom stereocenters. The molecule has 0 heterocycles.